The van der Waals surface area contributed by atoms with Crippen LogP contribution in [0.4, 0.5) is 0 Å². The van der Waals surface area contributed by atoms with E-state index in [0.717, 1.165) is 12.8 Å². The average Bonchev–Trinajstić information content (AvgIpc) is 1.95. The van der Waals surface area contributed by atoms with Crippen molar-refractivity contribution in [2.45, 2.75) is 59.0 Å². The topological polar surface area (TPSA) is 20.3 Å². The van der Waals surface area contributed by atoms with Crippen LogP contribution in [0.5, 0.6) is 0 Å². The van der Waals surface area contributed by atoms with E-state index in [1.807, 2.05) is 11.8 Å². The fraction of sp³-hybridized carbons (Fsp3) is 0.909. The minimum Gasteiger partial charge on any atom is -0.335 e. The van der Waals surface area contributed by atoms with E-state index in [9.17, 15) is 4.79 Å². The monoisotopic (exact) mass is 183 g/mol. The number of likely N-dealkylation sites (tertiary alicyclic amines) is 1. The van der Waals surface area contributed by atoms with Crippen molar-refractivity contribution in [1.29, 1.82) is 0 Å². The number of nitrogens with zero attached hydrogens (tertiary/aromatic N) is 1. The van der Waals surface area contributed by atoms with E-state index in [1.165, 1.54) is 0 Å². The van der Waals surface area contributed by atoms with Crippen LogP contribution in [0.15, 0.2) is 0 Å². The summed E-state index contributed by atoms with van der Waals surface area (Å²) in [6.45, 7) is 10.5. The normalized spacial score (nSPS) is 30.8. The quantitative estimate of drug-likeness (QED) is 0.565. The summed E-state index contributed by atoms with van der Waals surface area (Å²) < 4.78 is 0. The highest BCUT2D eigenvalue weighted by atomic mass is 16.2. The van der Waals surface area contributed by atoms with Crippen LogP contribution in [0.25, 0.3) is 0 Å². The highest BCUT2D eigenvalue weighted by Gasteiger charge is 2.36. The van der Waals surface area contributed by atoms with E-state index >= 15 is 0 Å². The van der Waals surface area contributed by atoms with Gasteiger partial charge in [-0.2, -0.15) is 0 Å². The second kappa shape index (κ2) is 3.32. The van der Waals surface area contributed by atoms with Crippen LogP contribution in [-0.4, -0.2) is 22.4 Å². The minimum atomic E-state index is -0.0226. The molecular weight excluding hydrogens is 162 g/mol. The van der Waals surface area contributed by atoms with Gasteiger partial charge in [0.1, 0.15) is 0 Å². The molecule has 2 heteroatoms. The van der Waals surface area contributed by atoms with E-state index in [1.54, 1.807) is 0 Å². The first-order valence-electron chi connectivity index (χ1n) is 5.17. The lowest BCUT2D eigenvalue weighted by Crippen LogP contribution is -2.55. The second-order valence-electron chi connectivity index (χ2n) is 5.21. The van der Waals surface area contributed by atoms with E-state index in [-0.39, 0.29) is 11.5 Å². The van der Waals surface area contributed by atoms with Gasteiger partial charge in [-0.3, -0.25) is 4.79 Å². The van der Waals surface area contributed by atoms with Crippen LogP contribution in [0, 0.1) is 5.92 Å². The van der Waals surface area contributed by atoms with Crippen LogP contribution >= 0.6 is 0 Å². The van der Waals surface area contributed by atoms with Crippen LogP contribution in [0.2, 0.25) is 0 Å². The van der Waals surface area contributed by atoms with Gasteiger partial charge in [-0.25, -0.2) is 0 Å². The summed E-state index contributed by atoms with van der Waals surface area (Å²) in [4.78, 5) is 14.0. The molecule has 2 nitrogen and oxygen atoms in total. The molecule has 0 aliphatic carbocycles. The molecule has 0 bridgehead atoms. The molecule has 1 rings (SSSR count). The van der Waals surface area contributed by atoms with E-state index < -0.39 is 0 Å². The van der Waals surface area contributed by atoms with Gasteiger partial charge in [0.15, 0.2) is 0 Å². The Morgan fingerprint density at radius 2 is 1.77 bits per heavy atom. The lowest BCUT2D eigenvalue weighted by molar-refractivity contribution is -0.146. The predicted molar refractivity (Wildman–Crippen MR) is 54.5 cm³/mol. The first-order valence-corrected chi connectivity index (χ1v) is 5.17. The summed E-state index contributed by atoms with van der Waals surface area (Å²) in [5.41, 5.74) is -0.0226. The molecule has 1 aliphatic rings. The highest BCUT2D eigenvalue weighted by Crippen LogP contribution is 2.29. The predicted octanol–water partition coefficient (Wildman–Crippen LogP) is 2.43. The number of piperidine rings is 1. The van der Waals surface area contributed by atoms with Gasteiger partial charge >= 0.3 is 0 Å². The van der Waals surface area contributed by atoms with Crippen molar-refractivity contribution >= 4 is 5.91 Å². The van der Waals surface area contributed by atoms with Crippen LogP contribution < -0.4 is 0 Å². The van der Waals surface area contributed by atoms with Gasteiger partial charge in [0.05, 0.1) is 0 Å². The fourth-order valence-electron chi connectivity index (χ4n) is 2.19. The molecule has 0 saturated carbocycles. The maximum absolute atomic E-state index is 11.9. The third-order valence-electron chi connectivity index (χ3n) is 2.84. The molecule has 1 heterocycles. The minimum absolute atomic E-state index is 0.0226. The van der Waals surface area contributed by atoms with Gasteiger partial charge in [-0.15, -0.1) is 0 Å². The zero-order valence-electron chi connectivity index (χ0n) is 9.42. The average molecular weight is 183 g/mol. The van der Waals surface area contributed by atoms with Gasteiger partial charge in [-0.1, -0.05) is 6.92 Å². The number of hydrogen-bond acceptors (Lipinski definition) is 1. The van der Waals surface area contributed by atoms with Crippen LogP contribution in [0.3, 0.4) is 0 Å². The summed E-state index contributed by atoms with van der Waals surface area (Å²) in [6, 6.07) is 0.406. The Morgan fingerprint density at radius 3 is 2.15 bits per heavy atom. The van der Waals surface area contributed by atoms with Gasteiger partial charge in [0.2, 0.25) is 5.91 Å². The molecule has 13 heavy (non-hydrogen) atoms. The number of hydrogen-bond donors (Lipinski definition) is 0. The summed E-state index contributed by atoms with van der Waals surface area (Å²) in [7, 11) is 0. The third kappa shape index (κ3) is 2.04. The third-order valence-corrected chi connectivity index (χ3v) is 2.84. The van der Waals surface area contributed by atoms with Gasteiger partial charge in [0, 0.05) is 17.5 Å². The van der Waals surface area contributed by atoms with Crippen molar-refractivity contribution < 1.29 is 4.79 Å². The first-order chi connectivity index (χ1) is 5.84. The van der Waals surface area contributed by atoms with Gasteiger partial charge in [-0.05, 0) is 40.5 Å². The molecule has 0 aromatic heterocycles. The molecular formula is C11H21NO. The molecule has 0 aromatic rings. The Kier molecular flexibility index (Phi) is 2.69. The van der Waals surface area contributed by atoms with Crippen molar-refractivity contribution in [2.24, 2.45) is 5.92 Å². The molecule has 0 spiro atoms. The fourth-order valence-corrected chi connectivity index (χ4v) is 2.19. The van der Waals surface area contributed by atoms with E-state index in [0.29, 0.717) is 11.9 Å². The lowest BCUT2D eigenvalue weighted by atomic mass is 9.89. The largest absolute Gasteiger partial charge is 0.335 e. The second-order valence-corrected chi connectivity index (χ2v) is 5.21. The zero-order chi connectivity index (χ0) is 10.2. The van der Waals surface area contributed by atoms with E-state index in [2.05, 4.69) is 27.7 Å². The van der Waals surface area contributed by atoms with Crippen molar-refractivity contribution in [3.8, 4) is 0 Å². The SMILES string of the molecule is CC1CCC(C)N(C(C)(C)C)C1=O. The summed E-state index contributed by atoms with van der Waals surface area (Å²) in [5.74, 6) is 0.543. The summed E-state index contributed by atoms with van der Waals surface area (Å²) in [5, 5.41) is 0. The number of carbonyl (C=O) groups excluding carboxylic acids is 1. The first kappa shape index (κ1) is 10.6. The maximum atomic E-state index is 11.9. The van der Waals surface area contributed by atoms with Crippen molar-refractivity contribution in [2.75, 3.05) is 0 Å². The Balaban J connectivity index is 2.85. The summed E-state index contributed by atoms with van der Waals surface area (Å²) in [6.07, 6.45) is 2.19. The number of amides is 1. The molecule has 1 amide bonds. The molecule has 1 saturated heterocycles. The number of carbonyl (C=O) groups is 1. The maximum Gasteiger partial charge on any atom is 0.226 e. The molecule has 1 aliphatic heterocycles. The highest BCUT2D eigenvalue weighted by molar-refractivity contribution is 5.80. The zero-order valence-corrected chi connectivity index (χ0v) is 9.42. The molecule has 2 atom stereocenters. The van der Waals surface area contributed by atoms with Gasteiger partial charge in [0.25, 0.3) is 0 Å². The van der Waals surface area contributed by atoms with Crippen LogP contribution in [0.1, 0.15) is 47.5 Å². The van der Waals surface area contributed by atoms with Crippen molar-refractivity contribution in [3.05, 3.63) is 0 Å². The molecule has 2 unspecified atom stereocenters. The molecule has 0 radical (unpaired) electrons. The smallest absolute Gasteiger partial charge is 0.226 e. The number of rotatable bonds is 0. The van der Waals surface area contributed by atoms with Crippen molar-refractivity contribution in [3.63, 3.8) is 0 Å². The molecule has 1 fully saturated rings. The summed E-state index contributed by atoms with van der Waals surface area (Å²) >= 11 is 0. The van der Waals surface area contributed by atoms with E-state index in [4.69, 9.17) is 0 Å². The Hall–Kier alpha value is -0.530. The Bertz CT molecular complexity index is 205. The molecule has 0 N–H and O–H groups in total. The molecule has 76 valence electrons. The lowest BCUT2D eigenvalue weighted by Gasteiger charge is -2.45. The Labute approximate surface area is 81.3 Å². The van der Waals surface area contributed by atoms with Crippen LogP contribution in [-0.2, 0) is 4.79 Å². The standard InChI is InChI=1S/C11H21NO/c1-8-6-7-9(2)12(10(8)13)11(3,4)5/h8-9H,6-7H2,1-5H3. The van der Waals surface area contributed by atoms with Gasteiger partial charge < -0.3 is 4.90 Å². The Morgan fingerprint density at radius 1 is 1.23 bits per heavy atom. The van der Waals surface area contributed by atoms with Crippen molar-refractivity contribution in [1.82, 2.24) is 4.90 Å². The molecule has 0 aromatic carbocycles.